The molecule has 0 spiro atoms. The Morgan fingerprint density at radius 3 is 2.64 bits per heavy atom. The quantitative estimate of drug-likeness (QED) is 0.750. The third-order valence-electron chi connectivity index (χ3n) is 4.47. The highest BCUT2D eigenvalue weighted by molar-refractivity contribution is 7.92. The zero-order chi connectivity index (χ0) is 20.3. The zero-order valence-electron chi connectivity index (χ0n) is 15.8. The van der Waals surface area contributed by atoms with Crippen molar-refractivity contribution in [3.63, 3.8) is 0 Å². The van der Waals surface area contributed by atoms with Crippen LogP contribution in [0.1, 0.15) is 35.7 Å². The van der Waals surface area contributed by atoms with E-state index in [4.69, 9.17) is 4.74 Å². The zero-order valence-corrected chi connectivity index (χ0v) is 16.6. The molecule has 0 aliphatic carbocycles. The summed E-state index contributed by atoms with van der Waals surface area (Å²) in [6.07, 6.45) is 1.31. The maximum absolute atomic E-state index is 12.7. The van der Waals surface area contributed by atoms with E-state index in [-0.39, 0.29) is 28.7 Å². The molecule has 1 heterocycles. The highest BCUT2D eigenvalue weighted by Crippen LogP contribution is 2.28. The number of sulfonamides is 1. The minimum Gasteiger partial charge on any atom is -0.462 e. The molecule has 7 nitrogen and oxygen atoms in total. The molecule has 3 rings (SSSR count). The average Bonchev–Trinajstić information content (AvgIpc) is 3.07. The molecule has 0 radical (unpaired) electrons. The summed E-state index contributed by atoms with van der Waals surface area (Å²) in [6.45, 7) is 4.36. The van der Waals surface area contributed by atoms with Crippen LogP contribution in [0.5, 0.6) is 0 Å². The first-order valence-electron chi connectivity index (χ1n) is 9.03. The number of hydrogen-bond acceptors (Lipinski definition) is 5. The fraction of sp³-hybridized carbons (Fsp3) is 0.300. The lowest BCUT2D eigenvalue weighted by atomic mass is 10.2. The van der Waals surface area contributed by atoms with Crippen molar-refractivity contribution in [1.29, 1.82) is 0 Å². The second-order valence-electron chi connectivity index (χ2n) is 6.50. The number of hydrogen-bond donors (Lipinski definition) is 1. The topological polar surface area (TPSA) is 92.8 Å². The van der Waals surface area contributed by atoms with Crippen LogP contribution in [0.25, 0.3) is 0 Å². The number of carbonyl (C=O) groups excluding carboxylic acids is 2. The van der Waals surface area contributed by atoms with Gasteiger partial charge >= 0.3 is 5.97 Å². The maximum Gasteiger partial charge on any atom is 0.338 e. The van der Waals surface area contributed by atoms with Crippen LogP contribution in [0.4, 0.5) is 11.4 Å². The fourth-order valence-corrected chi connectivity index (χ4v) is 4.27. The Bertz CT molecular complexity index is 1020. The maximum atomic E-state index is 12.7. The number of rotatable bonds is 6. The molecule has 1 amide bonds. The average molecular weight is 402 g/mol. The highest BCUT2D eigenvalue weighted by atomic mass is 32.2. The normalized spacial score (nSPS) is 14.2. The molecule has 0 bridgehead atoms. The van der Waals surface area contributed by atoms with E-state index in [9.17, 15) is 18.0 Å². The van der Waals surface area contributed by atoms with Crippen molar-refractivity contribution in [2.45, 2.75) is 31.6 Å². The lowest BCUT2D eigenvalue weighted by Crippen LogP contribution is -2.24. The fourth-order valence-electron chi connectivity index (χ4n) is 3.14. The largest absolute Gasteiger partial charge is 0.462 e. The molecule has 1 aliphatic heterocycles. The predicted octanol–water partition coefficient (Wildman–Crippen LogP) is 3.10. The van der Waals surface area contributed by atoms with Gasteiger partial charge in [-0.1, -0.05) is 6.07 Å². The van der Waals surface area contributed by atoms with Crippen LogP contribution >= 0.6 is 0 Å². The Hall–Kier alpha value is -2.87. The van der Waals surface area contributed by atoms with Gasteiger partial charge in [-0.25, -0.2) is 13.2 Å². The minimum absolute atomic E-state index is 0.0487. The van der Waals surface area contributed by atoms with E-state index in [0.717, 1.165) is 12.1 Å². The highest BCUT2D eigenvalue weighted by Gasteiger charge is 2.24. The lowest BCUT2D eigenvalue weighted by Gasteiger charge is -2.19. The second kappa shape index (κ2) is 8.02. The van der Waals surface area contributed by atoms with E-state index >= 15 is 0 Å². The molecule has 1 aliphatic rings. The van der Waals surface area contributed by atoms with Gasteiger partial charge in [0.2, 0.25) is 5.91 Å². The van der Waals surface area contributed by atoms with E-state index in [1.807, 2.05) is 0 Å². The van der Waals surface area contributed by atoms with E-state index < -0.39 is 16.0 Å². The molecular formula is C20H22N2O5S. The molecule has 8 heteroatoms. The predicted molar refractivity (Wildman–Crippen MR) is 106 cm³/mol. The lowest BCUT2D eigenvalue weighted by molar-refractivity contribution is -0.117. The van der Waals surface area contributed by atoms with Crippen LogP contribution in [-0.2, 0) is 19.6 Å². The number of aryl methyl sites for hydroxylation is 1. The van der Waals surface area contributed by atoms with Crippen LogP contribution in [-0.4, -0.2) is 33.4 Å². The van der Waals surface area contributed by atoms with Gasteiger partial charge < -0.3 is 9.64 Å². The van der Waals surface area contributed by atoms with Crippen LogP contribution in [0.3, 0.4) is 0 Å². The molecular weight excluding hydrogens is 380 g/mol. The van der Waals surface area contributed by atoms with Crippen molar-refractivity contribution in [2.75, 3.05) is 22.8 Å². The Balaban J connectivity index is 1.83. The first-order chi connectivity index (χ1) is 13.3. The molecule has 1 saturated heterocycles. The van der Waals surface area contributed by atoms with Gasteiger partial charge in [0.25, 0.3) is 10.0 Å². The molecule has 0 saturated carbocycles. The molecule has 0 aromatic heterocycles. The number of nitrogens with zero attached hydrogens (tertiary/aromatic N) is 1. The first kappa shape index (κ1) is 19.9. The Labute approximate surface area is 164 Å². The first-order valence-corrected chi connectivity index (χ1v) is 10.5. The number of nitrogens with one attached hydrogen (secondary N) is 1. The molecule has 148 valence electrons. The molecule has 1 fully saturated rings. The van der Waals surface area contributed by atoms with Gasteiger partial charge in [0.05, 0.1) is 17.1 Å². The van der Waals surface area contributed by atoms with Crippen molar-refractivity contribution >= 4 is 33.3 Å². The van der Waals surface area contributed by atoms with E-state index in [2.05, 4.69) is 4.72 Å². The van der Waals surface area contributed by atoms with E-state index in [1.165, 1.54) is 12.1 Å². The summed E-state index contributed by atoms with van der Waals surface area (Å²) >= 11 is 0. The molecule has 0 unspecified atom stereocenters. The van der Waals surface area contributed by atoms with Gasteiger partial charge in [0.15, 0.2) is 0 Å². The SMILES string of the molecule is CCOC(=O)c1cccc(NS(=O)(=O)c2ccc(N3CCCC3=O)c(C)c2)c1. The van der Waals surface area contributed by atoms with Crippen LogP contribution < -0.4 is 9.62 Å². The second-order valence-corrected chi connectivity index (χ2v) is 8.19. The standard InChI is InChI=1S/C20H22N2O5S/c1-3-27-20(24)15-6-4-7-16(13-15)21-28(25,26)17-9-10-18(14(2)12-17)22-11-5-8-19(22)23/h4,6-7,9-10,12-13,21H,3,5,8,11H2,1-2H3. The van der Waals surface area contributed by atoms with Crippen molar-refractivity contribution in [1.82, 2.24) is 0 Å². The number of benzene rings is 2. The summed E-state index contributed by atoms with van der Waals surface area (Å²) < 4.78 is 32.9. The summed E-state index contributed by atoms with van der Waals surface area (Å²) in [5, 5.41) is 0. The Kier molecular flexibility index (Phi) is 5.69. The molecule has 0 atom stereocenters. The third-order valence-corrected chi connectivity index (χ3v) is 5.85. The van der Waals surface area contributed by atoms with E-state index in [0.29, 0.717) is 18.5 Å². The number of esters is 1. The van der Waals surface area contributed by atoms with Crippen molar-refractivity contribution < 1.29 is 22.7 Å². The molecule has 1 N–H and O–H groups in total. The third kappa shape index (κ3) is 4.17. The van der Waals surface area contributed by atoms with Crippen LogP contribution in [0.15, 0.2) is 47.4 Å². The molecule has 2 aromatic rings. The summed E-state index contributed by atoms with van der Waals surface area (Å²) in [5.41, 5.74) is 1.97. The van der Waals surface area contributed by atoms with Gasteiger partial charge in [-0.2, -0.15) is 0 Å². The van der Waals surface area contributed by atoms with Crippen molar-refractivity contribution in [2.24, 2.45) is 0 Å². The number of anilines is 2. The summed E-state index contributed by atoms with van der Waals surface area (Å²) in [5.74, 6) is -0.466. The van der Waals surface area contributed by atoms with Crippen LogP contribution in [0.2, 0.25) is 0 Å². The van der Waals surface area contributed by atoms with Crippen molar-refractivity contribution in [3.8, 4) is 0 Å². The smallest absolute Gasteiger partial charge is 0.338 e. The van der Waals surface area contributed by atoms with E-state index in [1.54, 1.807) is 49.1 Å². The van der Waals surface area contributed by atoms with Gasteiger partial charge in [-0.15, -0.1) is 0 Å². The van der Waals surface area contributed by atoms with Crippen molar-refractivity contribution in [3.05, 3.63) is 53.6 Å². The van der Waals surface area contributed by atoms with Gasteiger partial charge in [-0.3, -0.25) is 9.52 Å². The monoisotopic (exact) mass is 402 g/mol. The number of ether oxygens (including phenoxy) is 1. The number of amides is 1. The Morgan fingerprint density at radius 2 is 2.00 bits per heavy atom. The molecule has 28 heavy (non-hydrogen) atoms. The van der Waals surface area contributed by atoms with Gasteiger partial charge in [0.1, 0.15) is 0 Å². The number of carbonyl (C=O) groups is 2. The summed E-state index contributed by atoms with van der Waals surface area (Å²) in [4.78, 5) is 25.5. The van der Waals surface area contributed by atoms with Gasteiger partial charge in [-0.05, 0) is 62.2 Å². The van der Waals surface area contributed by atoms with Gasteiger partial charge in [0, 0.05) is 24.3 Å². The minimum atomic E-state index is -3.85. The molecule has 2 aromatic carbocycles. The Morgan fingerprint density at radius 1 is 1.21 bits per heavy atom. The summed E-state index contributed by atoms with van der Waals surface area (Å²) in [7, 11) is -3.85. The summed E-state index contributed by atoms with van der Waals surface area (Å²) in [6, 6.07) is 10.8. The van der Waals surface area contributed by atoms with Crippen LogP contribution in [0, 0.1) is 6.92 Å².